The maximum atomic E-state index is 8.89. The fraction of sp³-hybridized carbons (Fsp3) is 0.611. The highest BCUT2D eigenvalue weighted by atomic mass is 35.5. The molecule has 2 unspecified atom stereocenters. The maximum Gasteiger partial charge on any atom is 0.0992 e. The summed E-state index contributed by atoms with van der Waals surface area (Å²) in [5.41, 5.74) is 1.97. The molecule has 2 rings (SSSR count). The second-order valence-corrected chi connectivity index (χ2v) is 7.63. The van der Waals surface area contributed by atoms with Crippen molar-refractivity contribution < 1.29 is 0 Å². The molecule has 1 fully saturated rings. The third kappa shape index (κ3) is 4.38. The second kappa shape index (κ2) is 6.71. The van der Waals surface area contributed by atoms with Gasteiger partial charge < -0.3 is 5.32 Å². The third-order valence-electron chi connectivity index (χ3n) is 4.65. The summed E-state index contributed by atoms with van der Waals surface area (Å²) in [6, 6.07) is 8.09. The average Bonchev–Trinajstić information content (AvgIpc) is 2.66. The van der Waals surface area contributed by atoms with Crippen molar-refractivity contribution in [3.05, 3.63) is 28.8 Å². The minimum atomic E-state index is 0.404. The van der Waals surface area contributed by atoms with Gasteiger partial charge in [-0.2, -0.15) is 5.26 Å². The lowest BCUT2D eigenvalue weighted by Crippen LogP contribution is -2.21. The van der Waals surface area contributed by atoms with Crippen LogP contribution in [-0.2, 0) is 0 Å². The minimum Gasteiger partial charge on any atom is -0.381 e. The van der Waals surface area contributed by atoms with Crippen LogP contribution in [0.1, 0.15) is 58.4 Å². The summed E-state index contributed by atoms with van der Waals surface area (Å²) >= 11 is 6.26. The number of rotatable bonds is 2. The highest BCUT2D eigenvalue weighted by Crippen LogP contribution is 2.37. The van der Waals surface area contributed by atoms with Crippen molar-refractivity contribution in [3.63, 3.8) is 0 Å². The summed E-state index contributed by atoms with van der Waals surface area (Å²) in [6.45, 7) is 7.05. The van der Waals surface area contributed by atoms with E-state index in [0.717, 1.165) is 11.6 Å². The average molecular weight is 305 g/mol. The van der Waals surface area contributed by atoms with E-state index in [1.807, 2.05) is 12.1 Å². The standard InChI is InChI=1S/C18H25ClN2/c1-18(2,3)14-5-4-6-15(9-8-14)21-17-10-7-13(12-20)11-16(17)19/h7,10-11,14-15,21H,4-6,8-9H2,1-3H3. The van der Waals surface area contributed by atoms with Gasteiger partial charge in [-0.05, 0) is 55.2 Å². The van der Waals surface area contributed by atoms with E-state index in [4.69, 9.17) is 16.9 Å². The number of nitrogens with zero attached hydrogens (tertiary/aromatic N) is 1. The highest BCUT2D eigenvalue weighted by molar-refractivity contribution is 6.33. The van der Waals surface area contributed by atoms with Gasteiger partial charge in [0.05, 0.1) is 22.3 Å². The molecule has 1 aliphatic carbocycles. The smallest absolute Gasteiger partial charge is 0.0992 e. The lowest BCUT2D eigenvalue weighted by Gasteiger charge is -2.29. The Hall–Kier alpha value is -1.20. The summed E-state index contributed by atoms with van der Waals surface area (Å²) in [5, 5.41) is 13.1. The molecule has 0 heterocycles. The molecule has 1 N–H and O–H groups in total. The van der Waals surface area contributed by atoms with E-state index >= 15 is 0 Å². The lowest BCUT2D eigenvalue weighted by atomic mass is 9.76. The van der Waals surface area contributed by atoms with E-state index < -0.39 is 0 Å². The Labute approximate surface area is 133 Å². The van der Waals surface area contributed by atoms with Crippen LogP contribution in [-0.4, -0.2) is 6.04 Å². The fourth-order valence-corrected chi connectivity index (χ4v) is 3.47. The molecule has 1 aliphatic rings. The molecule has 1 aromatic rings. The van der Waals surface area contributed by atoms with Crippen molar-refractivity contribution in [2.75, 3.05) is 5.32 Å². The van der Waals surface area contributed by atoms with Crippen LogP contribution in [0.2, 0.25) is 5.02 Å². The van der Waals surface area contributed by atoms with Gasteiger partial charge in [0, 0.05) is 6.04 Å². The van der Waals surface area contributed by atoms with Gasteiger partial charge in [-0.3, -0.25) is 0 Å². The number of halogens is 1. The first-order chi connectivity index (χ1) is 9.90. The molecule has 0 aliphatic heterocycles. The van der Waals surface area contributed by atoms with E-state index in [1.54, 1.807) is 6.07 Å². The normalized spacial score (nSPS) is 23.2. The molecule has 0 aromatic heterocycles. The Kier molecular flexibility index (Phi) is 5.17. The van der Waals surface area contributed by atoms with Crippen LogP contribution in [0.4, 0.5) is 5.69 Å². The first-order valence-corrected chi connectivity index (χ1v) is 8.24. The number of hydrogen-bond donors (Lipinski definition) is 1. The van der Waals surface area contributed by atoms with E-state index in [9.17, 15) is 0 Å². The van der Waals surface area contributed by atoms with Gasteiger partial charge in [-0.25, -0.2) is 0 Å². The van der Waals surface area contributed by atoms with Crippen LogP contribution in [0, 0.1) is 22.7 Å². The van der Waals surface area contributed by atoms with E-state index in [0.29, 0.717) is 22.0 Å². The summed E-state index contributed by atoms with van der Waals surface area (Å²) in [7, 11) is 0. The van der Waals surface area contributed by atoms with Crippen LogP contribution in [0.25, 0.3) is 0 Å². The van der Waals surface area contributed by atoms with Gasteiger partial charge >= 0.3 is 0 Å². The molecule has 1 saturated carbocycles. The van der Waals surface area contributed by atoms with Crippen LogP contribution >= 0.6 is 11.6 Å². The predicted molar refractivity (Wildman–Crippen MR) is 89.6 cm³/mol. The largest absolute Gasteiger partial charge is 0.381 e. The molecule has 0 spiro atoms. The minimum absolute atomic E-state index is 0.404. The quantitative estimate of drug-likeness (QED) is 0.720. The van der Waals surface area contributed by atoms with E-state index in [1.165, 1.54) is 32.1 Å². The molecular weight excluding hydrogens is 280 g/mol. The highest BCUT2D eigenvalue weighted by Gasteiger charge is 2.27. The Morgan fingerprint density at radius 1 is 1.19 bits per heavy atom. The van der Waals surface area contributed by atoms with Crippen molar-refractivity contribution >= 4 is 17.3 Å². The molecule has 0 saturated heterocycles. The van der Waals surface area contributed by atoms with E-state index in [2.05, 4.69) is 32.2 Å². The second-order valence-electron chi connectivity index (χ2n) is 7.22. The summed E-state index contributed by atoms with van der Waals surface area (Å²) < 4.78 is 0. The Morgan fingerprint density at radius 3 is 2.57 bits per heavy atom. The van der Waals surface area contributed by atoms with Crippen molar-refractivity contribution in [1.29, 1.82) is 5.26 Å². The number of benzene rings is 1. The zero-order valence-corrected chi connectivity index (χ0v) is 14.0. The molecule has 21 heavy (non-hydrogen) atoms. The Bertz CT molecular complexity index is 525. The van der Waals surface area contributed by atoms with Crippen LogP contribution in [0.5, 0.6) is 0 Å². The van der Waals surface area contributed by atoms with Gasteiger partial charge in [0.2, 0.25) is 0 Å². The molecule has 1 aromatic carbocycles. The number of nitrogens with one attached hydrogen (secondary N) is 1. The topological polar surface area (TPSA) is 35.8 Å². The van der Waals surface area contributed by atoms with Crippen LogP contribution in [0.3, 0.4) is 0 Å². The number of nitriles is 1. The molecular formula is C18H25ClN2. The molecule has 0 amide bonds. The first-order valence-electron chi connectivity index (χ1n) is 7.86. The fourth-order valence-electron chi connectivity index (χ4n) is 3.23. The van der Waals surface area contributed by atoms with Gasteiger partial charge in [-0.15, -0.1) is 0 Å². The van der Waals surface area contributed by atoms with Gasteiger partial charge in [0.25, 0.3) is 0 Å². The van der Waals surface area contributed by atoms with Crippen LogP contribution in [0.15, 0.2) is 18.2 Å². The zero-order chi connectivity index (χ0) is 15.5. The van der Waals surface area contributed by atoms with Crippen LogP contribution < -0.4 is 5.32 Å². The summed E-state index contributed by atoms with van der Waals surface area (Å²) in [6.07, 6.45) is 6.26. The summed E-state index contributed by atoms with van der Waals surface area (Å²) in [4.78, 5) is 0. The first kappa shape index (κ1) is 16.2. The SMILES string of the molecule is CC(C)(C)C1CCCC(Nc2ccc(C#N)cc2Cl)CC1. The number of anilines is 1. The van der Waals surface area contributed by atoms with Crippen molar-refractivity contribution in [3.8, 4) is 6.07 Å². The van der Waals surface area contributed by atoms with E-state index in [-0.39, 0.29) is 0 Å². The number of hydrogen-bond acceptors (Lipinski definition) is 2. The molecule has 0 radical (unpaired) electrons. The monoisotopic (exact) mass is 304 g/mol. The van der Waals surface area contributed by atoms with Gasteiger partial charge in [0.15, 0.2) is 0 Å². The predicted octanol–water partition coefficient (Wildman–Crippen LogP) is 5.62. The maximum absolute atomic E-state index is 8.89. The van der Waals surface area contributed by atoms with Crippen molar-refractivity contribution in [2.24, 2.45) is 11.3 Å². The van der Waals surface area contributed by atoms with Crippen molar-refractivity contribution in [2.45, 2.75) is 58.9 Å². The molecule has 2 nitrogen and oxygen atoms in total. The summed E-state index contributed by atoms with van der Waals surface area (Å²) in [5.74, 6) is 0.806. The molecule has 114 valence electrons. The Morgan fingerprint density at radius 2 is 1.95 bits per heavy atom. The third-order valence-corrected chi connectivity index (χ3v) is 4.96. The molecule has 3 heteroatoms. The molecule has 0 bridgehead atoms. The lowest BCUT2D eigenvalue weighted by molar-refractivity contribution is 0.214. The van der Waals surface area contributed by atoms with Gasteiger partial charge in [0.1, 0.15) is 0 Å². The Balaban J connectivity index is 2.00. The molecule has 2 atom stereocenters. The zero-order valence-electron chi connectivity index (χ0n) is 13.2. The van der Waals surface area contributed by atoms with Crippen molar-refractivity contribution in [1.82, 2.24) is 0 Å². The van der Waals surface area contributed by atoms with Gasteiger partial charge in [-0.1, -0.05) is 38.8 Å².